The summed E-state index contributed by atoms with van der Waals surface area (Å²) in [5.74, 6) is 0. The van der Waals surface area contributed by atoms with Gasteiger partial charge in [-0.25, -0.2) is 9.97 Å². The largest absolute Gasteiger partial charge is 0.514 e. The summed E-state index contributed by atoms with van der Waals surface area (Å²) in [5, 5.41) is 0. The molecule has 3 radical (unpaired) electrons. The van der Waals surface area contributed by atoms with Crippen LogP contribution in [0, 0.1) is 13.8 Å². The van der Waals surface area contributed by atoms with E-state index in [9.17, 15) is 0 Å². The Morgan fingerprint density at radius 1 is 1.07 bits per heavy atom. The lowest BCUT2D eigenvalue weighted by atomic mass is 9.85. The molecular formula is C10H15N2OSi. The van der Waals surface area contributed by atoms with Gasteiger partial charge in [0.15, 0.2) is 0 Å². The summed E-state index contributed by atoms with van der Waals surface area (Å²) in [5.41, 5.74) is 3.19. The van der Waals surface area contributed by atoms with E-state index < -0.39 is 0 Å². The van der Waals surface area contributed by atoms with Gasteiger partial charge in [0.25, 0.3) is 0 Å². The van der Waals surface area contributed by atoms with Gasteiger partial charge in [-0.05, 0) is 19.3 Å². The average molecular weight is 207 g/mol. The molecule has 0 aliphatic heterocycles. The highest BCUT2D eigenvalue weighted by atomic mass is 28.2. The molecule has 1 aromatic rings. The Labute approximate surface area is 88.5 Å². The number of hydrogen-bond donors (Lipinski definition) is 0. The van der Waals surface area contributed by atoms with Crippen molar-refractivity contribution in [2.75, 3.05) is 0 Å². The molecule has 0 aromatic carbocycles. The molecule has 0 fully saturated rings. The number of aromatic nitrogens is 2. The van der Waals surface area contributed by atoms with E-state index in [1.165, 1.54) is 5.56 Å². The van der Waals surface area contributed by atoms with Gasteiger partial charge in [0.1, 0.15) is 0 Å². The van der Waals surface area contributed by atoms with Gasteiger partial charge in [0.05, 0.1) is 0 Å². The molecule has 4 heteroatoms. The molecule has 1 rings (SSSR count). The molecule has 14 heavy (non-hydrogen) atoms. The highest BCUT2D eigenvalue weighted by Crippen LogP contribution is 2.27. The molecule has 1 aromatic heterocycles. The fourth-order valence-electron chi connectivity index (χ4n) is 1.82. The Kier molecular flexibility index (Phi) is 2.94. The monoisotopic (exact) mass is 207 g/mol. The van der Waals surface area contributed by atoms with Gasteiger partial charge < -0.3 is 4.43 Å². The number of hydrogen-bond acceptors (Lipinski definition) is 3. The second kappa shape index (κ2) is 3.69. The molecule has 0 atom stereocenters. The third kappa shape index (κ3) is 2.12. The average Bonchev–Trinajstić information content (AvgIpc) is 1.99. The van der Waals surface area contributed by atoms with Crippen LogP contribution in [0.3, 0.4) is 0 Å². The predicted molar refractivity (Wildman–Crippen MR) is 56.6 cm³/mol. The SMILES string of the molecule is Cc1nc(O[Si])nc(C)c1C(C)(C)C. The van der Waals surface area contributed by atoms with Gasteiger partial charge in [-0.2, -0.15) is 0 Å². The molecule has 0 saturated carbocycles. The summed E-state index contributed by atoms with van der Waals surface area (Å²) in [6.07, 6.45) is 0. The van der Waals surface area contributed by atoms with E-state index in [-0.39, 0.29) is 5.41 Å². The van der Waals surface area contributed by atoms with E-state index >= 15 is 0 Å². The molecule has 3 nitrogen and oxygen atoms in total. The van der Waals surface area contributed by atoms with Crippen LogP contribution in [0.5, 0.6) is 6.01 Å². The first kappa shape index (κ1) is 11.2. The second-order valence-corrected chi connectivity index (χ2v) is 4.61. The van der Waals surface area contributed by atoms with Crippen LogP contribution in [0.15, 0.2) is 0 Å². The van der Waals surface area contributed by atoms with Crippen molar-refractivity contribution in [1.29, 1.82) is 0 Å². The van der Waals surface area contributed by atoms with E-state index in [4.69, 9.17) is 4.43 Å². The Morgan fingerprint density at radius 2 is 1.50 bits per heavy atom. The Morgan fingerprint density at radius 3 is 1.79 bits per heavy atom. The zero-order valence-corrected chi connectivity index (χ0v) is 10.3. The van der Waals surface area contributed by atoms with Crippen molar-refractivity contribution in [2.45, 2.75) is 40.0 Å². The summed E-state index contributed by atoms with van der Waals surface area (Å²) in [4.78, 5) is 8.47. The normalized spacial score (nSPS) is 11.6. The van der Waals surface area contributed by atoms with Gasteiger partial charge in [0, 0.05) is 17.0 Å². The lowest BCUT2D eigenvalue weighted by Crippen LogP contribution is -2.17. The predicted octanol–water partition coefficient (Wildman–Crippen LogP) is 1.85. The van der Waals surface area contributed by atoms with E-state index in [2.05, 4.69) is 41.2 Å². The maximum atomic E-state index is 4.83. The van der Waals surface area contributed by atoms with Crippen molar-refractivity contribution >= 4 is 10.5 Å². The Hall–Kier alpha value is -0.903. The van der Waals surface area contributed by atoms with Gasteiger partial charge in [-0.1, -0.05) is 20.8 Å². The van der Waals surface area contributed by atoms with E-state index in [1.807, 2.05) is 13.8 Å². The lowest BCUT2D eigenvalue weighted by molar-refractivity contribution is 0.529. The summed E-state index contributed by atoms with van der Waals surface area (Å²) in [6.45, 7) is 10.4. The van der Waals surface area contributed by atoms with Crippen LogP contribution < -0.4 is 4.43 Å². The molecule has 75 valence electrons. The number of rotatable bonds is 1. The molecular weight excluding hydrogens is 192 g/mol. The summed E-state index contributed by atoms with van der Waals surface area (Å²) in [6, 6.07) is 0.365. The zero-order chi connectivity index (χ0) is 10.9. The first-order valence-electron chi connectivity index (χ1n) is 4.55. The summed E-state index contributed by atoms with van der Waals surface area (Å²) >= 11 is 0. The molecule has 0 aliphatic carbocycles. The third-order valence-corrected chi connectivity index (χ3v) is 2.27. The van der Waals surface area contributed by atoms with Crippen LogP contribution in [0.4, 0.5) is 0 Å². The molecule has 0 unspecified atom stereocenters. The van der Waals surface area contributed by atoms with E-state index in [0.29, 0.717) is 6.01 Å². The molecule has 0 aliphatic rings. The van der Waals surface area contributed by atoms with Gasteiger partial charge >= 0.3 is 16.5 Å². The van der Waals surface area contributed by atoms with Gasteiger partial charge in [-0.3, -0.25) is 0 Å². The quantitative estimate of drug-likeness (QED) is 0.659. The van der Waals surface area contributed by atoms with Crippen LogP contribution in [0.2, 0.25) is 0 Å². The highest BCUT2D eigenvalue weighted by molar-refractivity contribution is 5.99. The molecule has 0 bridgehead atoms. The van der Waals surface area contributed by atoms with Crippen LogP contribution in [-0.4, -0.2) is 20.5 Å². The number of aryl methyl sites for hydroxylation is 2. The van der Waals surface area contributed by atoms with Gasteiger partial charge in [-0.15, -0.1) is 0 Å². The fraction of sp³-hybridized carbons (Fsp3) is 0.600. The van der Waals surface area contributed by atoms with Gasteiger partial charge in [0.2, 0.25) is 0 Å². The van der Waals surface area contributed by atoms with Crippen molar-refractivity contribution in [3.8, 4) is 6.01 Å². The van der Waals surface area contributed by atoms with Crippen molar-refractivity contribution < 1.29 is 4.43 Å². The van der Waals surface area contributed by atoms with Crippen molar-refractivity contribution in [3.63, 3.8) is 0 Å². The minimum atomic E-state index is 0.0679. The maximum Gasteiger partial charge on any atom is 0.345 e. The lowest BCUT2D eigenvalue weighted by Gasteiger charge is -2.22. The van der Waals surface area contributed by atoms with Crippen LogP contribution in [0.1, 0.15) is 37.7 Å². The standard InChI is InChI=1S/C10H15N2OSi/c1-6-8(10(3,4)5)7(2)12-9(11-6)13-14/h1-5H3. The molecule has 0 amide bonds. The smallest absolute Gasteiger partial charge is 0.345 e. The molecule has 0 saturated heterocycles. The van der Waals surface area contributed by atoms with Crippen molar-refractivity contribution in [2.24, 2.45) is 0 Å². The van der Waals surface area contributed by atoms with Crippen LogP contribution >= 0.6 is 0 Å². The second-order valence-electron chi connectivity index (χ2n) is 4.40. The van der Waals surface area contributed by atoms with Crippen molar-refractivity contribution in [1.82, 2.24) is 9.97 Å². The topological polar surface area (TPSA) is 35.0 Å². The zero-order valence-electron chi connectivity index (χ0n) is 9.30. The Bertz CT molecular complexity index is 321. The molecule has 1 heterocycles. The van der Waals surface area contributed by atoms with E-state index in [1.54, 1.807) is 0 Å². The minimum Gasteiger partial charge on any atom is -0.514 e. The maximum absolute atomic E-state index is 4.83. The number of nitrogens with zero attached hydrogens (tertiary/aromatic N) is 2. The van der Waals surface area contributed by atoms with Crippen LogP contribution in [0.25, 0.3) is 0 Å². The highest BCUT2D eigenvalue weighted by Gasteiger charge is 2.21. The van der Waals surface area contributed by atoms with Crippen LogP contribution in [-0.2, 0) is 5.41 Å². The molecule has 0 N–H and O–H groups in total. The first-order valence-corrected chi connectivity index (χ1v) is 4.96. The Balaban J connectivity index is 3.33. The molecule has 0 spiro atoms. The summed E-state index contributed by atoms with van der Waals surface area (Å²) < 4.78 is 4.83. The fourth-order valence-corrected chi connectivity index (χ4v) is 1.91. The van der Waals surface area contributed by atoms with E-state index in [0.717, 1.165) is 11.4 Å². The summed E-state index contributed by atoms with van der Waals surface area (Å²) in [7, 11) is 2.92. The first-order chi connectivity index (χ1) is 6.36. The van der Waals surface area contributed by atoms with Crippen molar-refractivity contribution in [3.05, 3.63) is 17.0 Å². The third-order valence-electron chi connectivity index (χ3n) is 2.09. The minimum absolute atomic E-state index is 0.0679.